The Kier molecular flexibility index (Phi) is 6.00. The fourth-order valence-corrected chi connectivity index (χ4v) is 3.67. The SMILES string of the molecule is COCc1c(C(=O)OCC(=O)Nc2ccccc2S(C)(=O)=O)oc2ccccc12. The third kappa shape index (κ3) is 4.64. The number of amides is 1. The standard InChI is InChI=1S/C20H19NO7S/c1-26-11-14-13-7-3-5-9-16(13)28-19(14)20(23)27-12-18(22)21-15-8-4-6-10-17(15)29(2,24)25/h3-10H,11-12H2,1-2H3,(H,21,22). The summed E-state index contributed by atoms with van der Waals surface area (Å²) < 4.78 is 39.4. The van der Waals surface area contributed by atoms with Crippen molar-refractivity contribution in [2.75, 3.05) is 25.3 Å². The molecule has 0 bridgehead atoms. The number of methoxy groups -OCH3 is 1. The van der Waals surface area contributed by atoms with Gasteiger partial charge in [-0.05, 0) is 18.2 Å². The third-order valence-electron chi connectivity index (χ3n) is 4.07. The van der Waals surface area contributed by atoms with Crippen molar-refractivity contribution >= 4 is 38.4 Å². The Bertz CT molecular complexity index is 1160. The zero-order valence-corrected chi connectivity index (χ0v) is 16.6. The van der Waals surface area contributed by atoms with Gasteiger partial charge in [-0.2, -0.15) is 0 Å². The molecule has 2 aromatic carbocycles. The minimum Gasteiger partial charge on any atom is -0.450 e. The fraction of sp³-hybridized carbons (Fsp3) is 0.200. The Balaban J connectivity index is 1.73. The summed E-state index contributed by atoms with van der Waals surface area (Å²) in [7, 11) is -2.04. The molecule has 0 aliphatic heterocycles. The molecule has 29 heavy (non-hydrogen) atoms. The molecule has 1 heterocycles. The Labute approximate surface area is 167 Å². The van der Waals surface area contributed by atoms with E-state index in [1.165, 1.54) is 19.2 Å². The summed E-state index contributed by atoms with van der Waals surface area (Å²) in [5.41, 5.74) is 1.13. The maximum atomic E-state index is 12.4. The number of ether oxygens (including phenoxy) is 2. The van der Waals surface area contributed by atoms with Crippen molar-refractivity contribution in [3.8, 4) is 0 Å². The predicted molar refractivity (Wildman–Crippen MR) is 105 cm³/mol. The van der Waals surface area contributed by atoms with E-state index in [2.05, 4.69) is 5.32 Å². The van der Waals surface area contributed by atoms with E-state index in [0.29, 0.717) is 16.5 Å². The van der Waals surface area contributed by atoms with E-state index in [1.54, 1.807) is 36.4 Å². The molecule has 0 atom stereocenters. The minimum atomic E-state index is -3.53. The Morgan fingerprint density at radius 2 is 1.76 bits per heavy atom. The largest absolute Gasteiger partial charge is 0.450 e. The van der Waals surface area contributed by atoms with Gasteiger partial charge in [0.25, 0.3) is 5.91 Å². The first-order chi connectivity index (χ1) is 13.8. The number of anilines is 1. The van der Waals surface area contributed by atoms with Gasteiger partial charge >= 0.3 is 5.97 Å². The lowest BCUT2D eigenvalue weighted by Crippen LogP contribution is -2.22. The molecule has 0 saturated heterocycles. The second kappa shape index (κ2) is 8.46. The van der Waals surface area contributed by atoms with E-state index in [4.69, 9.17) is 13.9 Å². The Morgan fingerprint density at radius 1 is 1.07 bits per heavy atom. The van der Waals surface area contributed by atoms with Crippen molar-refractivity contribution in [3.05, 3.63) is 59.9 Å². The van der Waals surface area contributed by atoms with E-state index >= 15 is 0 Å². The van der Waals surface area contributed by atoms with Crippen molar-refractivity contribution in [1.29, 1.82) is 0 Å². The summed E-state index contributed by atoms with van der Waals surface area (Å²) in [6, 6.07) is 13.0. The molecule has 0 spiro atoms. The molecular weight excluding hydrogens is 398 g/mol. The van der Waals surface area contributed by atoms with E-state index in [-0.39, 0.29) is 22.9 Å². The average molecular weight is 417 g/mol. The first-order valence-electron chi connectivity index (χ1n) is 8.56. The number of carbonyl (C=O) groups excluding carboxylic acids is 2. The molecule has 1 aromatic heterocycles. The highest BCUT2D eigenvalue weighted by Gasteiger charge is 2.23. The van der Waals surface area contributed by atoms with E-state index in [0.717, 1.165) is 6.26 Å². The Morgan fingerprint density at radius 3 is 2.48 bits per heavy atom. The van der Waals surface area contributed by atoms with Gasteiger partial charge in [0.05, 0.1) is 17.2 Å². The van der Waals surface area contributed by atoms with Crippen molar-refractivity contribution in [2.24, 2.45) is 0 Å². The lowest BCUT2D eigenvalue weighted by molar-refractivity contribution is -0.119. The zero-order valence-electron chi connectivity index (χ0n) is 15.8. The number of esters is 1. The summed E-state index contributed by atoms with van der Waals surface area (Å²) in [6.45, 7) is -0.476. The first-order valence-corrected chi connectivity index (χ1v) is 10.5. The summed E-state index contributed by atoms with van der Waals surface area (Å²) >= 11 is 0. The summed E-state index contributed by atoms with van der Waals surface area (Å²) in [6.07, 6.45) is 1.04. The maximum Gasteiger partial charge on any atom is 0.375 e. The third-order valence-corrected chi connectivity index (χ3v) is 5.22. The van der Waals surface area contributed by atoms with Crippen LogP contribution >= 0.6 is 0 Å². The summed E-state index contributed by atoms with van der Waals surface area (Å²) in [4.78, 5) is 24.6. The van der Waals surface area contributed by atoms with Crippen LogP contribution in [0.5, 0.6) is 0 Å². The molecule has 0 radical (unpaired) electrons. The minimum absolute atomic E-state index is 0.0284. The van der Waals surface area contributed by atoms with Gasteiger partial charge in [0, 0.05) is 24.3 Å². The number of hydrogen-bond donors (Lipinski definition) is 1. The van der Waals surface area contributed by atoms with Crippen LogP contribution in [0.2, 0.25) is 0 Å². The maximum absolute atomic E-state index is 12.4. The molecule has 1 amide bonds. The van der Waals surface area contributed by atoms with Crippen LogP contribution in [-0.2, 0) is 30.7 Å². The van der Waals surface area contributed by atoms with Crippen molar-refractivity contribution < 1.29 is 31.9 Å². The van der Waals surface area contributed by atoms with Gasteiger partial charge in [0.1, 0.15) is 5.58 Å². The molecule has 0 saturated carbocycles. The average Bonchev–Trinajstić information content (AvgIpc) is 3.05. The van der Waals surface area contributed by atoms with Crippen LogP contribution in [0.25, 0.3) is 11.0 Å². The van der Waals surface area contributed by atoms with Crippen LogP contribution < -0.4 is 5.32 Å². The van der Waals surface area contributed by atoms with Gasteiger partial charge in [0.2, 0.25) is 5.76 Å². The predicted octanol–water partition coefficient (Wildman–Crippen LogP) is 2.78. The second-order valence-electron chi connectivity index (χ2n) is 6.23. The van der Waals surface area contributed by atoms with E-state index in [1.807, 2.05) is 0 Å². The van der Waals surface area contributed by atoms with Crippen molar-refractivity contribution in [1.82, 2.24) is 0 Å². The lowest BCUT2D eigenvalue weighted by Gasteiger charge is -2.10. The normalized spacial score (nSPS) is 11.4. The molecule has 8 nitrogen and oxygen atoms in total. The van der Waals surface area contributed by atoms with Gasteiger partial charge in [-0.15, -0.1) is 0 Å². The Hall–Kier alpha value is -3.17. The highest BCUT2D eigenvalue weighted by molar-refractivity contribution is 7.90. The highest BCUT2D eigenvalue weighted by atomic mass is 32.2. The smallest absolute Gasteiger partial charge is 0.375 e. The molecule has 0 aliphatic carbocycles. The topological polar surface area (TPSA) is 112 Å². The van der Waals surface area contributed by atoms with Crippen LogP contribution in [0.1, 0.15) is 16.1 Å². The number of hydrogen-bond acceptors (Lipinski definition) is 7. The fourth-order valence-electron chi connectivity index (χ4n) is 2.83. The van der Waals surface area contributed by atoms with Gasteiger partial charge in [0.15, 0.2) is 16.4 Å². The van der Waals surface area contributed by atoms with Crippen LogP contribution in [-0.4, -0.2) is 40.3 Å². The number of fused-ring (bicyclic) bond motifs is 1. The molecule has 3 rings (SSSR count). The summed E-state index contributed by atoms with van der Waals surface area (Å²) in [5, 5.41) is 3.16. The van der Waals surface area contributed by atoms with Crippen molar-refractivity contribution in [3.63, 3.8) is 0 Å². The molecule has 0 unspecified atom stereocenters. The molecular formula is C20H19NO7S. The van der Waals surface area contributed by atoms with Gasteiger partial charge < -0.3 is 19.2 Å². The van der Waals surface area contributed by atoms with E-state index in [9.17, 15) is 18.0 Å². The molecule has 0 fully saturated rings. The molecule has 9 heteroatoms. The quantitative estimate of drug-likeness (QED) is 0.588. The number of rotatable bonds is 7. The number of sulfone groups is 1. The lowest BCUT2D eigenvalue weighted by atomic mass is 10.1. The van der Waals surface area contributed by atoms with Crippen molar-refractivity contribution in [2.45, 2.75) is 11.5 Å². The number of para-hydroxylation sites is 2. The number of furan rings is 1. The van der Waals surface area contributed by atoms with Crippen LogP contribution in [0.15, 0.2) is 57.8 Å². The van der Waals surface area contributed by atoms with Gasteiger partial charge in [-0.25, -0.2) is 13.2 Å². The first kappa shape index (κ1) is 20.6. The molecule has 152 valence electrons. The summed E-state index contributed by atoms with van der Waals surface area (Å²) in [5.74, 6) is -1.55. The van der Waals surface area contributed by atoms with E-state index < -0.39 is 28.3 Å². The van der Waals surface area contributed by atoms with Gasteiger partial charge in [-0.3, -0.25) is 4.79 Å². The second-order valence-corrected chi connectivity index (χ2v) is 8.22. The number of benzene rings is 2. The van der Waals surface area contributed by atoms with Gasteiger partial charge in [-0.1, -0.05) is 30.3 Å². The monoisotopic (exact) mass is 417 g/mol. The highest BCUT2D eigenvalue weighted by Crippen LogP contribution is 2.27. The van der Waals surface area contributed by atoms with Crippen LogP contribution in [0, 0.1) is 0 Å². The molecule has 1 N–H and O–H groups in total. The zero-order chi connectivity index (χ0) is 21.0. The molecule has 3 aromatic rings. The molecule has 0 aliphatic rings. The van der Waals surface area contributed by atoms with Crippen LogP contribution in [0.3, 0.4) is 0 Å². The number of carbonyl (C=O) groups is 2. The number of nitrogens with one attached hydrogen (secondary N) is 1. The van der Waals surface area contributed by atoms with Crippen LogP contribution in [0.4, 0.5) is 5.69 Å².